The van der Waals surface area contributed by atoms with Crippen molar-refractivity contribution in [1.29, 1.82) is 0 Å². The zero-order chi connectivity index (χ0) is 24.9. The van der Waals surface area contributed by atoms with Crippen molar-refractivity contribution in [2.45, 2.75) is 19.6 Å². The number of alkyl halides is 3. The molecule has 1 fully saturated rings. The molecule has 2 aromatic heterocycles. The van der Waals surface area contributed by atoms with Gasteiger partial charge < -0.3 is 15.2 Å². The van der Waals surface area contributed by atoms with Crippen LogP contribution in [0.3, 0.4) is 0 Å². The maximum atomic E-state index is 13.1. The molecule has 0 radical (unpaired) electrons. The van der Waals surface area contributed by atoms with Gasteiger partial charge in [0.15, 0.2) is 0 Å². The summed E-state index contributed by atoms with van der Waals surface area (Å²) >= 11 is 0. The van der Waals surface area contributed by atoms with Gasteiger partial charge in [0.2, 0.25) is 0 Å². The number of hydrogen-bond donors (Lipinski definition) is 1. The van der Waals surface area contributed by atoms with Crippen LogP contribution in [0.4, 0.5) is 29.5 Å². The van der Waals surface area contributed by atoms with E-state index in [-0.39, 0.29) is 12.6 Å². The molecule has 7 nitrogen and oxygen atoms in total. The molecule has 1 aliphatic rings. The van der Waals surface area contributed by atoms with Crippen LogP contribution in [0, 0.1) is 6.92 Å². The van der Waals surface area contributed by atoms with Crippen molar-refractivity contribution in [3.05, 3.63) is 71.7 Å². The SMILES string of the molecule is Cc1cc(N2CCN(Cc3cccc(C(F)(F)F)c3)C2=O)ccc1-c1cn(C)c2ncnc(N)c12. The molecule has 1 aliphatic heterocycles. The summed E-state index contributed by atoms with van der Waals surface area (Å²) in [5, 5.41) is 0.773. The second-order valence-corrected chi connectivity index (χ2v) is 8.66. The normalized spacial score (nSPS) is 14.4. The summed E-state index contributed by atoms with van der Waals surface area (Å²) in [5.74, 6) is 0.397. The van der Waals surface area contributed by atoms with Crippen LogP contribution in [-0.4, -0.2) is 38.6 Å². The molecule has 4 aromatic rings. The van der Waals surface area contributed by atoms with Crippen molar-refractivity contribution in [2.75, 3.05) is 23.7 Å². The van der Waals surface area contributed by atoms with E-state index < -0.39 is 11.7 Å². The van der Waals surface area contributed by atoms with Gasteiger partial charge in [-0.15, -0.1) is 0 Å². The Morgan fingerprint density at radius 3 is 2.60 bits per heavy atom. The maximum absolute atomic E-state index is 13.1. The van der Waals surface area contributed by atoms with Gasteiger partial charge in [-0.1, -0.05) is 18.2 Å². The lowest BCUT2D eigenvalue weighted by Gasteiger charge is -2.20. The van der Waals surface area contributed by atoms with Gasteiger partial charge >= 0.3 is 12.2 Å². The number of halogens is 3. The van der Waals surface area contributed by atoms with E-state index in [4.69, 9.17) is 5.73 Å². The number of hydrogen-bond acceptors (Lipinski definition) is 4. The fraction of sp³-hybridized carbons (Fsp3) is 0.240. The average Bonchev–Trinajstić information content (AvgIpc) is 3.34. The Labute approximate surface area is 199 Å². The first-order valence-corrected chi connectivity index (χ1v) is 11.0. The molecular weight excluding hydrogens is 457 g/mol. The first-order valence-electron chi connectivity index (χ1n) is 11.0. The van der Waals surface area contributed by atoms with Gasteiger partial charge in [-0.05, 0) is 47.9 Å². The number of rotatable bonds is 4. The highest BCUT2D eigenvalue weighted by molar-refractivity contribution is 6.02. The number of anilines is 2. The highest BCUT2D eigenvalue weighted by Gasteiger charge is 2.32. The molecule has 0 unspecified atom stereocenters. The quantitative estimate of drug-likeness (QED) is 0.447. The minimum absolute atomic E-state index is 0.117. The number of urea groups is 1. The summed E-state index contributed by atoms with van der Waals surface area (Å²) < 4.78 is 41.0. The van der Waals surface area contributed by atoms with Crippen molar-refractivity contribution in [3.63, 3.8) is 0 Å². The Morgan fingerprint density at radius 2 is 1.86 bits per heavy atom. The molecule has 180 valence electrons. The Hall–Kier alpha value is -4.08. The van der Waals surface area contributed by atoms with Crippen LogP contribution in [0.5, 0.6) is 0 Å². The van der Waals surface area contributed by atoms with E-state index in [1.54, 1.807) is 15.9 Å². The van der Waals surface area contributed by atoms with E-state index in [1.807, 2.05) is 42.9 Å². The van der Waals surface area contributed by atoms with Crippen LogP contribution in [0.15, 0.2) is 55.0 Å². The molecule has 35 heavy (non-hydrogen) atoms. The fourth-order valence-corrected chi connectivity index (χ4v) is 4.59. The van der Waals surface area contributed by atoms with E-state index in [0.717, 1.165) is 45.5 Å². The van der Waals surface area contributed by atoms with Crippen molar-refractivity contribution in [2.24, 2.45) is 7.05 Å². The van der Waals surface area contributed by atoms with E-state index in [0.29, 0.717) is 24.5 Å². The first kappa shape index (κ1) is 22.7. The fourth-order valence-electron chi connectivity index (χ4n) is 4.59. The summed E-state index contributed by atoms with van der Waals surface area (Å²) in [5.41, 5.74) is 10.1. The topological polar surface area (TPSA) is 80.3 Å². The highest BCUT2D eigenvalue weighted by Crippen LogP contribution is 2.36. The predicted molar refractivity (Wildman–Crippen MR) is 128 cm³/mol. The second-order valence-electron chi connectivity index (χ2n) is 8.66. The van der Waals surface area contributed by atoms with Crippen LogP contribution in [0.25, 0.3) is 22.2 Å². The molecule has 0 bridgehead atoms. The Balaban J connectivity index is 1.39. The number of nitrogens with zero attached hydrogens (tertiary/aromatic N) is 5. The van der Waals surface area contributed by atoms with Gasteiger partial charge in [-0.3, -0.25) is 4.90 Å². The monoisotopic (exact) mass is 480 g/mol. The average molecular weight is 480 g/mol. The number of fused-ring (bicyclic) bond motifs is 1. The zero-order valence-corrected chi connectivity index (χ0v) is 19.2. The number of nitrogen functional groups attached to an aromatic ring is 1. The highest BCUT2D eigenvalue weighted by atomic mass is 19.4. The van der Waals surface area contributed by atoms with Gasteiger partial charge in [-0.25, -0.2) is 14.8 Å². The summed E-state index contributed by atoms with van der Waals surface area (Å²) in [4.78, 5) is 24.7. The standard InChI is InChI=1S/C25H23F3N6O/c1-15-10-18(6-7-19(15)20-13-32(2)23-21(20)22(29)30-14-31-23)34-9-8-33(24(34)35)12-16-4-3-5-17(11-16)25(26,27)28/h3-7,10-11,13-14H,8-9,12H2,1-2H3,(H2,29,30,31). The molecule has 2 amide bonds. The van der Waals surface area contributed by atoms with Gasteiger partial charge in [0.25, 0.3) is 0 Å². The second kappa shape index (κ2) is 8.30. The number of benzene rings is 2. The van der Waals surface area contributed by atoms with Crippen LogP contribution in [-0.2, 0) is 19.8 Å². The molecule has 5 rings (SSSR count). The Bertz CT molecular complexity index is 1450. The molecule has 0 saturated carbocycles. The van der Waals surface area contributed by atoms with Crippen LogP contribution >= 0.6 is 0 Å². The van der Waals surface area contributed by atoms with Crippen LogP contribution < -0.4 is 10.6 Å². The predicted octanol–water partition coefficient (Wildman–Crippen LogP) is 4.99. The minimum Gasteiger partial charge on any atom is -0.383 e. The Morgan fingerprint density at radius 1 is 1.06 bits per heavy atom. The van der Waals surface area contributed by atoms with E-state index in [2.05, 4.69) is 9.97 Å². The number of amides is 2. The number of nitrogens with two attached hydrogens (primary N) is 1. The Kier molecular flexibility index (Phi) is 5.38. The van der Waals surface area contributed by atoms with E-state index in [9.17, 15) is 18.0 Å². The molecule has 2 aromatic carbocycles. The van der Waals surface area contributed by atoms with Crippen molar-refractivity contribution < 1.29 is 18.0 Å². The minimum atomic E-state index is -4.42. The summed E-state index contributed by atoms with van der Waals surface area (Å²) in [6.07, 6.45) is -1.03. The van der Waals surface area contributed by atoms with Crippen molar-refractivity contribution >= 4 is 28.6 Å². The van der Waals surface area contributed by atoms with Crippen LogP contribution in [0.2, 0.25) is 0 Å². The van der Waals surface area contributed by atoms with Crippen LogP contribution in [0.1, 0.15) is 16.7 Å². The molecule has 2 N–H and O–H groups in total. The summed E-state index contributed by atoms with van der Waals surface area (Å²) in [6.45, 7) is 2.95. The molecule has 10 heteroatoms. The number of aromatic nitrogens is 3. The summed E-state index contributed by atoms with van der Waals surface area (Å²) in [7, 11) is 1.89. The third kappa shape index (κ3) is 4.05. The molecule has 0 aliphatic carbocycles. The van der Waals surface area contributed by atoms with Gasteiger partial charge in [-0.2, -0.15) is 13.2 Å². The smallest absolute Gasteiger partial charge is 0.383 e. The van der Waals surface area contributed by atoms with E-state index in [1.165, 1.54) is 12.4 Å². The third-order valence-corrected chi connectivity index (χ3v) is 6.32. The van der Waals surface area contributed by atoms with Crippen molar-refractivity contribution in [1.82, 2.24) is 19.4 Å². The lowest BCUT2D eigenvalue weighted by Crippen LogP contribution is -2.31. The zero-order valence-electron chi connectivity index (χ0n) is 19.2. The summed E-state index contributed by atoms with van der Waals surface area (Å²) in [6, 6.07) is 10.6. The third-order valence-electron chi connectivity index (χ3n) is 6.32. The van der Waals surface area contributed by atoms with Crippen molar-refractivity contribution in [3.8, 4) is 11.1 Å². The lowest BCUT2D eigenvalue weighted by molar-refractivity contribution is -0.137. The maximum Gasteiger partial charge on any atom is 0.416 e. The van der Waals surface area contributed by atoms with Gasteiger partial charge in [0.05, 0.1) is 10.9 Å². The largest absolute Gasteiger partial charge is 0.416 e. The van der Waals surface area contributed by atoms with E-state index >= 15 is 0 Å². The molecule has 1 saturated heterocycles. The molecular formula is C25H23F3N6O. The number of carbonyl (C=O) groups is 1. The number of aryl methyl sites for hydroxylation is 2. The van der Waals surface area contributed by atoms with Gasteiger partial charge in [0, 0.05) is 44.1 Å². The molecule has 0 spiro atoms. The lowest BCUT2D eigenvalue weighted by atomic mass is 10.00. The van der Waals surface area contributed by atoms with Gasteiger partial charge in [0.1, 0.15) is 17.8 Å². The number of carbonyl (C=O) groups excluding carboxylic acids is 1. The molecule has 0 atom stereocenters. The molecule has 3 heterocycles. The first-order chi connectivity index (χ1) is 16.6.